The number of nitrogens with one attached hydrogen (secondary N) is 1. The minimum Gasteiger partial charge on any atom is -0.379 e. The Bertz CT molecular complexity index is 695. The number of halogens is 1. The van der Waals surface area contributed by atoms with Gasteiger partial charge in [-0.05, 0) is 29.8 Å². The van der Waals surface area contributed by atoms with E-state index in [1.807, 2.05) is 54.7 Å². The van der Waals surface area contributed by atoms with Crippen molar-refractivity contribution in [1.29, 1.82) is 0 Å². The van der Waals surface area contributed by atoms with Gasteiger partial charge in [0.05, 0.1) is 23.8 Å². The van der Waals surface area contributed by atoms with Gasteiger partial charge in [-0.15, -0.1) is 5.10 Å². The Balaban J connectivity index is 1.81. The highest BCUT2D eigenvalue weighted by Crippen LogP contribution is 2.20. The zero-order chi connectivity index (χ0) is 13.8. The van der Waals surface area contributed by atoms with Gasteiger partial charge in [0.1, 0.15) is 0 Å². The van der Waals surface area contributed by atoms with E-state index in [2.05, 4.69) is 15.6 Å². The smallest absolute Gasteiger partial charge is 0.0894 e. The quantitative estimate of drug-likeness (QED) is 0.797. The van der Waals surface area contributed by atoms with E-state index in [4.69, 9.17) is 11.6 Å². The van der Waals surface area contributed by atoms with Crippen LogP contribution in [0.25, 0.3) is 5.69 Å². The summed E-state index contributed by atoms with van der Waals surface area (Å²) in [5, 5.41) is 12.0. The van der Waals surface area contributed by atoms with Crippen molar-refractivity contribution >= 4 is 17.3 Å². The van der Waals surface area contributed by atoms with Crippen molar-refractivity contribution in [3.05, 3.63) is 71.5 Å². The van der Waals surface area contributed by atoms with Gasteiger partial charge in [0.2, 0.25) is 0 Å². The fraction of sp³-hybridized carbons (Fsp3) is 0.0667. The molecule has 0 radical (unpaired) electrons. The van der Waals surface area contributed by atoms with E-state index < -0.39 is 0 Å². The summed E-state index contributed by atoms with van der Waals surface area (Å²) >= 11 is 5.99. The average molecular weight is 285 g/mol. The van der Waals surface area contributed by atoms with E-state index in [1.54, 1.807) is 10.9 Å². The third kappa shape index (κ3) is 2.81. The Morgan fingerprint density at radius 1 is 1.10 bits per heavy atom. The number of aromatic nitrogens is 3. The number of rotatable bonds is 4. The van der Waals surface area contributed by atoms with Crippen LogP contribution >= 0.6 is 11.6 Å². The summed E-state index contributed by atoms with van der Waals surface area (Å²) in [5.74, 6) is 0. The molecule has 0 aliphatic rings. The Kier molecular flexibility index (Phi) is 3.65. The molecular formula is C15H13ClN4. The summed E-state index contributed by atoms with van der Waals surface area (Å²) in [6.07, 6.45) is 3.48. The van der Waals surface area contributed by atoms with Crippen molar-refractivity contribution in [3.63, 3.8) is 0 Å². The highest BCUT2D eigenvalue weighted by atomic mass is 35.5. The molecule has 0 saturated carbocycles. The monoisotopic (exact) mass is 284 g/mol. The highest BCUT2D eigenvalue weighted by molar-refractivity contribution is 6.30. The molecule has 0 spiro atoms. The van der Waals surface area contributed by atoms with E-state index in [1.165, 1.54) is 0 Å². The van der Waals surface area contributed by atoms with Gasteiger partial charge in [0.15, 0.2) is 0 Å². The highest BCUT2D eigenvalue weighted by Gasteiger charge is 2.04. The normalized spacial score (nSPS) is 10.4. The second-order valence-electron chi connectivity index (χ2n) is 4.35. The largest absolute Gasteiger partial charge is 0.379 e. The molecule has 0 atom stereocenters. The number of anilines is 1. The number of nitrogens with zero attached hydrogens (tertiary/aromatic N) is 3. The van der Waals surface area contributed by atoms with Gasteiger partial charge in [-0.2, -0.15) is 0 Å². The lowest BCUT2D eigenvalue weighted by atomic mass is 10.2. The molecule has 1 heterocycles. The van der Waals surface area contributed by atoms with Crippen LogP contribution in [0.5, 0.6) is 0 Å². The Labute approximate surface area is 122 Å². The maximum Gasteiger partial charge on any atom is 0.0894 e. The molecule has 1 N–H and O–H groups in total. The van der Waals surface area contributed by atoms with E-state index in [9.17, 15) is 0 Å². The molecule has 3 aromatic rings. The molecule has 0 bridgehead atoms. The second kappa shape index (κ2) is 5.75. The third-order valence-corrected chi connectivity index (χ3v) is 3.18. The van der Waals surface area contributed by atoms with Crippen LogP contribution in [0.3, 0.4) is 0 Å². The molecule has 1 aromatic heterocycles. The van der Waals surface area contributed by atoms with Crippen LogP contribution in [-0.4, -0.2) is 15.0 Å². The van der Waals surface area contributed by atoms with Crippen molar-refractivity contribution in [2.75, 3.05) is 5.32 Å². The van der Waals surface area contributed by atoms with Crippen molar-refractivity contribution < 1.29 is 0 Å². The Morgan fingerprint density at radius 2 is 2.00 bits per heavy atom. The SMILES string of the molecule is Clc1cccc(CNc2ccccc2-n2ccnn2)c1. The maximum absolute atomic E-state index is 5.99. The van der Waals surface area contributed by atoms with E-state index in [0.29, 0.717) is 6.54 Å². The number of para-hydroxylation sites is 2. The van der Waals surface area contributed by atoms with Crippen LogP contribution in [0.1, 0.15) is 5.56 Å². The van der Waals surface area contributed by atoms with Crippen LogP contribution in [0, 0.1) is 0 Å². The van der Waals surface area contributed by atoms with Crippen LogP contribution < -0.4 is 5.32 Å². The molecule has 100 valence electrons. The van der Waals surface area contributed by atoms with Gasteiger partial charge in [-0.3, -0.25) is 0 Å². The zero-order valence-corrected chi connectivity index (χ0v) is 11.5. The zero-order valence-electron chi connectivity index (χ0n) is 10.7. The summed E-state index contributed by atoms with van der Waals surface area (Å²) in [4.78, 5) is 0. The molecule has 0 amide bonds. The molecule has 20 heavy (non-hydrogen) atoms. The van der Waals surface area contributed by atoms with Gasteiger partial charge < -0.3 is 5.32 Å². The van der Waals surface area contributed by atoms with Crippen LogP contribution in [-0.2, 0) is 6.54 Å². The summed E-state index contributed by atoms with van der Waals surface area (Å²) in [6, 6.07) is 15.8. The predicted molar refractivity (Wildman–Crippen MR) is 80.1 cm³/mol. The standard InChI is InChI=1S/C15H13ClN4/c16-13-5-3-4-12(10-13)11-17-14-6-1-2-7-15(14)20-9-8-18-19-20/h1-10,17H,11H2. The Morgan fingerprint density at radius 3 is 2.80 bits per heavy atom. The predicted octanol–water partition coefficient (Wildman–Crippen LogP) is 3.53. The first-order valence-corrected chi connectivity index (χ1v) is 6.65. The van der Waals surface area contributed by atoms with Gasteiger partial charge in [0, 0.05) is 11.6 Å². The van der Waals surface area contributed by atoms with Crippen LogP contribution in [0.15, 0.2) is 60.9 Å². The first-order chi connectivity index (χ1) is 9.83. The minimum absolute atomic E-state index is 0.701. The van der Waals surface area contributed by atoms with E-state index >= 15 is 0 Å². The van der Waals surface area contributed by atoms with E-state index in [-0.39, 0.29) is 0 Å². The second-order valence-corrected chi connectivity index (χ2v) is 4.78. The third-order valence-electron chi connectivity index (χ3n) is 2.95. The Hall–Kier alpha value is -2.33. The van der Waals surface area contributed by atoms with Crippen molar-refractivity contribution in [3.8, 4) is 5.69 Å². The van der Waals surface area contributed by atoms with Crippen LogP contribution in [0.4, 0.5) is 5.69 Å². The molecular weight excluding hydrogens is 272 g/mol. The summed E-state index contributed by atoms with van der Waals surface area (Å²) in [6.45, 7) is 0.701. The van der Waals surface area contributed by atoms with Gasteiger partial charge in [-0.25, -0.2) is 4.68 Å². The van der Waals surface area contributed by atoms with E-state index in [0.717, 1.165) is 22.0 Å². The molecule has 0 fully saturated rings. The van der Waals surface area contributed by atoms with Gasteiger partial charge >= 0.3 is 0 Å². The molecule has 0 aliphatic carbocycles. The number of hydrogen-bond donors (Lipinski definition) is 1. The van der Waals surface area contributed by atoms with Crippen molar-refractivity contribution in [2.45, 2.75) is 6.54 Å². The maximum atomic E-state index is 5.99. The van der Waals surface area contributed by atoms with Crippen molar-refractivity contribution in [1.82, 2.24) is 15.0 Å². The fourth-order valence-corrected chi connectivity index (χ4v) is 2.22. The topological polar surface area (TPSA) is 42.7 Å². The number of hydrogen-bond acceptors (Lipinski definition) is 3. The fourth-order valence-electron chi connectivity index (χ4n) is 2.00. The molecule has 5 heteroatoms. The van der Waals surface area contributed by atoms with Crippen LogP contribution in [0.2, 0.25) is 5.02 Å². The minimum atomic E-state index is 0.701. The summed E-state index contributed by atoms with van der Waals surface area (Å²) in [7, 11) is 0. The lowest BCUT2D eigenvalue weighted by molar-refractivity contribution is 0.803. The van der Waals surface area contributed by atoms with Crippen molar-refractivity contribution in [2.24, 2.45) is 0 Å². The lowest BCUT2D eigenvalue weighted by Gasteiger charge is -2.11. The van der Waals surface area contributed by atoms with Gasteiger partial charge in [0.25, 0.3) is 0 Å². The molecule has 4 nitrogen and oxygen atoms in total. The summed E-state index contributed by atoms with van der Waals surface area (Å²) < 4.78 is 1.74. The molecule has 0 aliphatic heterocycles. The molecule has 2 aromatic carbocycles. The first kappa shape index (κ1) is 12.7. The summed E-state index contributed by atoms with van der Waals surface area (Å²) in [5.41, 5.74) is 3.09. The molecule has 3 rings (SSSR count). The molecule has 0 saturated heterocycles. The average Bonchev–Trinajstić information content (AvgIpc) is 3.00. The lowest BCUT2D eigenvalue weighted by Crippen LogP contribution is -2.05. The first-order valence-electron chi connectivity index (χ1n) is 6.27. The number of benzene rings is 2. The molecule has 0 unspecified atom stereocenters. The van der Waals surface area contributed by atoms with Gasteiger partial charge in [-0.1, -0.05) is 41.1 Å².